The number of anilines is 1. The molecule has 8 nitrogen and oxygen atoms in total. The quantitative estimate of drug-likeness (QED) is 0.505. The Balaban J connectivity index is 1.60. The van der Waals surface area contributed by atoms with Crippen LogP contribution in [-0.4, -0.2) is 32.8 Å². The van der Waals surface area contributed by atoms with Gasteiger partial charge in [0.2, 0.25) is 0 Å². The van der Waals surface area contributed by atoms with Crippen molar-refractivity contribution in [3.63, 3.8) is 0 Å². The molecule has 28 heavy (non-hydrogen) atoms. The minimum atomic E-state index is -0.352. The maximum Gasteiger partial charge on any atom is 0.273 e. The van der Waals surface area contributed by atoms with Gasteiger partial charge in [-0.1, -0.05) is 23.7 Å². The number of carbonyl (C=O) groups is 1. The van der Waals surface area contributed by atoms with Crippen molar-refractivity contribution in [2.45, 2.75) is 0 Å². The van der Waals surface area contributed by atoms with Gasteiger partial charge in [0.25, 0.3) is 5.91 Å². The van der Waals surface area contributed by atoms with Gasteiger partial charge in [0.05, 0.1) is 29.9 Å². The van der Waals surface area contributed by atoms with E-state index in [1.807, 2.05) is 12.1 Å². The summed E-state index contributed by atoms with van der Waals surface area (Å²) in [5, 5.41) is 5.65. The highest BCUT2D eigenvalue weighted by molar-refractivity contribution is 6.30. The molecule has 4 rings (SSSR count). The highest BCUT2D eigenvalue weighted by Crippen LogP contribution is 2.22. The molecule has 0 aliphatic carbocycles. The number of benzene rings is 2. The van der Waals surface area contributed by atoms with Crippen LogP contribution in [0.2, 0.25) is 5.02 Å². The van der Waals surface area contributed by atoms with Gasteiger partial charge in [-0.2, -0.15) is 5.10 Å². The normalized spacial score (nSPS) is 10.6. The first kappa shape index (κ1) is 17.7. The molecule has 0 aliphatic heterocycles. The van der Waals surface area contributed by atoms with Crippen LogP contribution in [0.1, 0.15) is 10.4 Å². The molecule has 0 spiro atoms. The number of fused-ring (bicyclic) bond motifs is 1. The molecular formula is C19H15ClN6O2. The fourth-order valence-corrected chi connectivity index (χ4v) is 2.86. The fraction of sp³-hybridized carbons (Fsp3) is 0.0526. The number of rotatable bonds is 5. The highest BCUT2D eigenvalue weighted by atomic mass is 35.5. The van der Waals surface area contributed by atoms with E-state index in [4.69, 9.17) is 16.3 Å². The molecule has 0 bridgehead atoms. The highest BCUT2D eigenvalue weighted by Gasteiger charge is 2.14. The molecule has 0 unspecified atom stereocenters. The van der Waals surface area contributed by atoms with Crippen molar-refractivity contribution in [3.8, 4) is 11.4 Å². The number of halogens is 1. The largest absolute Gasteiger partial charge is 0.496 e. The predicted molar refractivity (Wildman–Crippen MR) is 106 cm³/mol. The van der Waals surface area contributed by atoms with Crippen LogP contribution in [-0.2, 0) is 0 Å². The summed E-state index contributed by atoms with van der Waals surface area (Å²) in [6.45, 7) is 0. The van der Waals surface area contributed by atoms with Crippen LogP contribution >= 0.6 is 11.6 Å². The molecule has 0 atom stereocenters. The molecule has 0 fully saturated rings. The zero-order chi connectivity index (χ0) is 19.5. The second-order valence-electron chi connectivity index (χ2n) is 5.77. The second kappa shape index (κ2) is 7.53. The Morgan fingerprint density at radius 3 is 2.68 bits per heavy atom. The van der Waals surface area contributed by atoms with Gasteiger partial charge in [0.15, 0.2) is 11.5 Å². The molecule has 1 amide bonds. The van der Waals surface area contributed by atoms with E-state index in [2.05, 4.69) is 25.9 Å². The first-order chi connectivity index (χ1) is 13.7. The number of ether oxygens (including phenoxy) is 1. The number of hydrogen-bond acceptors (Lipinski definition) is 6. The lowest BCUT2D eigenvalue weighted by Gasteiger charge is -2.11. The van der Waals surface area contributed by atoms with Crippen LogP contribution in [0.25, 0.3) is 16.7 Å². The average Bonchev–Trinajstić information content (AvgIpc) is 3.17. The Morgan fingerprint density at radius 1 is 1.11 bits per heavy atom. The Labute approximate surface area is 165 Å². The second-order valence-corrected chi connectivity index (χ2v) is 6.21. The average molecular weight is 395 g/mol. The van der Waals surface area contributed by atoms with Crippen LogP contribution in [0.4, 0.5) is 5.82 Å². The lowest BCUT2D eigenvalue weighted by molar-refractivity contribution is 0.0959. The predicted octanol–water partition coefficient (Wildman–Crippen LogP) is 3.23. The SMILES string of the molecule is COc1ccccc1C(=O)NNc1ncnc2c1cnn2-c1ccc(Cl)cc1. The minimum Gasteiger partial charge on any atom is -0.496 e. The number of nitrogens with zero attached hydrogens (tertiary/aromatic N) is 4. The number of amides is 1. The Hall–Kier alpha value is -3.65. The zero-order valence-corrected chi connectivity index (χ0v) is 15.5. The fourth-order valence-electron chi connectivity index (χ4n) is 2.73. The maximum atomic E-state index is 12.5. The van der Waals surface area contributed by atoms with Crippen LogP contribution in [0.15, 0.2) is 61.1 Å². The van der Waals surface area contributed by atoms with E-state index < -0.39 is 0 Å². The van der Waals surface area contributed by atoms with Crippen molar-refractivity contribution in [2.75, 3.05) is 12.5 Å². The van der Waals surface area contributed by atoms with Crippen molar-refractivity contribution >= 4 is 34.4 Å². The molecule has 0 saturated heterocycles. The number of methoxy groups -OCH3 is 1. The number of nitrogens with one attached hydrogen (secondary N) is 2. The van der Waals surface area contributed by atoms with E-state index in [0.29, 0.717) is 33.2 Å². The lowest BCUT2D eigenvalue weighted by Crippen LogP contribution is -2.30. The van der Waals surface area contributed by atoms with Gasteiger partial charge in [-0.3, -0.25) is 15.6 Å². The van der Waals surface area contributed by atoms with Crippen molar-refractivity contribution in [1.82, 2.24) is 25.2 Å². The topological polar surface area (TPSA) is 94.0 Å². The third kappa shape index (κ3) is 3.33. The van der Waals surface area contributed by atoms with Crippen LogP contribution in [0, 0.1) is 0 Å². The van der Waals surface area contributed by atoms with E-state index in [0.717, 1.165) is 5.69 Å². The first-order valence-corrected chi connectivity index (χ1v) is 8.69. The van der Waals surface area contributed by atoms with Gasteiger partial charge in [0.1, 0.15) is 12.1 Å². The van der Waals surface area contributed by atoms with Gasteiger partial charge < -0.3 is 4.74 Å². The first-order valence-electron chi connectivity index (χ1n) is 8.31. The Bertz CT molecular complexity index is 1140. The Morgan fingerprint density at radius 2 is 1.89 bits per heavy atom. The van der Waals surface area contributed by atoms with Gasteiger partial charge in [-0.25, -0.2) is 14.6 Å². The molecule has 2 heterocycles. The molecule has 140 valence electrons. The van der Waals surface area contributed by atoms with Gasteiger partial charge in [0, 0.05) is 5.02 Å². The van der Waals surface area contributed by atoms with Crippen molar-refractivity contribution in [1.29, 1.82) is 0 Å². The molecule has 2 N–H and O–H groups in total. The number of hydrogen-bond donors (Lipinski definition) is 2. The molecular weight excluding hydrogens is 380 g/mol. The van der Waals surface area contributed by atoms with Gasteiger partial charge in [-0.15, -0.1) is 0 Å². The van der Waals surface area contributed by atoms with Gasteiger partial charge >= 0.3 is 0 Å². The van der Waals surface area contributed by atoms with Crippen LogP contribution in [0.3, 0.4) is 0 Å². The monoisotopic (exact) mass is 394 g/mol. The summed E-state index contributed by atoms with van der Waals surface area (Å²) in [5.41, 5.74) is 7.25. The summed E-state index contributed by atoms with van der Waals surface area (Å²) in [7, 11) is 1.51. The van der Waals surface area contributed by atoms with E-state index in [-0.39, 0.29) is 5.91 Å². The zero-order valence-electron chi connectivity index (χ0n) is 14.8. The van der Waals surface area contributed by atoms with E-state index in [1.54, 1.807) is 47.3 Å². The molecule has 0 aliphatic rings. The molecule has 0 saturated carbocycles. The molecule has 0 radical (unpaired) electrons. The molecule has 9 heteroatoms. The molecule has 4 aromatic rings. The summed E-state index contributed by atoms with van der Waals surface area (Å²) < 4.78 is 6.88. The lowest BCUT2D eigenvalue weighted by atomic mass is 10.2. The smallest absolute Gasteiger partial charge is 0.273 e. The molecule has 2 aromatic carbocycles. The van der Waals surface area contributed by atoms with E-state index in [1.165, 1.54) is 13.4 Å². The third-order valence-electron chi connectivity index (χ3n) is 4.08. The van der Waals surface area contributed by atoms with Crippen molar-refractivity contribution in [2.24, 2.45) is 0 Å². The summed E-state index contributed by atoms with van der Waals surface area (Å²) >= 11 is 5.95. The number of para-hydroxylation sites is 1. The van der Waals surface area contributed by atoms with Crippen molar-refractivity contribution < 1.29 is 9.53 Å². The van der Waals surface area contributed by atoms with Gasteiger partial charge in [-0.05, 0) is 36.4 Å². The molecule has 2 aromatic heterocycles. The summed E-state index contributed by atoms with van der Waals surface area (Å²) in [5.74, 6) is 0.549. The standard InChI is InChI=1S/C19H15ClN6O2/c1-28-16-5-3-2-4-14(16)19(27)25-24-17-15-10-23-26(18(15)22-11-21-17)13-8-6-12(20)7-9-13/h2-11H,1H3,(H,25,27)(H,21,22,24). The summed E-state index contributed by atoms with van der Waals surface area (Å²) in [6, 6.07) is 14.2. The van der Waals surface area contributed by atoms with E-state index in [9.17, 15) is 4.79 Å². The number of aromatic nitrogens is 4. The van der Waals surface area contributed by atoms with E-state index >= 15 is 0 Å². The van der Waals surface area contributed by atoms with Crippen LogP contribution < -0.4 is 15.6 Å². The summed E-state index contributed by atoms with van der Waals surface area (Å²) in [6.07, 6.45) is 3.02. The van der Waals surface area contributed by atoms with Crippen molar-refractivity contribution in [3.05, 3.63) is 71.6 Å². The Kier molecular flexibility index (Phi) is 4.77. The maximum absolute atomic E-state index is 12.5. The summed E-state index contributed by atoms with van der Waals surface area (Å²) in [4.78, 5) is 21.0. The van der Waals surface area contributed by atoms with Crippen LogP contribution in [0.5, 0.6) is 5.75 Å². The number of hydrazine groups is 1. The third-order valence-corrected chi connectivity index (χ3v) is 4.34. The number of carbonyl (C=O) groups excluding carboxylic acids is 1. The minimum absolute atomic E-state index is 0.352.